The van der Waals surface area contributed by atoms with Crippen LogP contribution in [0.2, 0.25) is 0 Å². The van der Waals surface area contributed by atoms with Crippen LogP contribution in [0.1, 0.15) is 18.9 Å². The van der Waals surface area contributed by atoms with E-state index in [1.54, 1.807) is 0 Å². The van der Waals surface area contributed by atoms with Crippen molar-refractivity contribution in [2.24, 2.45) is 0 Å². The molecule has 17 heavy (non-hydrogen) atoms. The summed E-state index contributed by atoms with van der Waals surface area (Å²) in [7, 11) is 0. The predicted molar refractivity (Wildman–Crippen MR) is 67.7 cm³/mol. The quantitative estimate of drug-likeness (QED) is 0.785. The van der Waals surface area contributed by atoms with Crippen molar-refractivity contribution in [2.45, 2.75) is 25.4 Å². The zero-order valence-electron chi connectivity index (χ0n) is 9.57. The highest BCUT2D eigenvalue weighted by atomic mass is 35.5. The molecule has 0 aliphatic carbocycles. The average Bonchev–Trinajstić information content (AvgIpc) is 2.36. The molecule has 1 aromatic carbocycles. The van der Waals surface area contributed by atoms with Gasteiger partial charge in [-0.15, -0.1) is 23.2 Å². The molecule has 0 bridgehead atoms. The van der Waals surface area contributed by atoms with Crippen molar-refractivity contribution in [2.75, 3.05) is 11.8 Å². The molecular formula is C12H15Cl2F2N. The molecule has 1 aromatic rings. The molecule has 0 aromatic heterocycles. The number of alkyl halides is 2. The first kappa shape index (κ1) is 14.7. The largest absolute Gasteiger partial charge is 0.305 e. The Hall–Kier alpha value is -0.380. The molecule has 5 heteroatoms. The summed E-state index contributed by atoms with van der Waals surface area (Å²) < 4.78 is 26.4. The van der Waals surface area contributed by atoms with Gasteiger partial charge in [0.1, 0.15) is 0 Å². The SMILES string of the molecule is CCC(CCl)(CCl)NCc1cccc(F)c1F. The first-order chi connectivity index (χ1) is 8.08. The van der Waals surface area contributed by atoms with Crippen LogP contribution in [0, 0.1) is 11.6 Å². The standard InChI is InChI=1S/C12H15Cl2F2N/c1-2-12(7-13,8-14)17-6-9-4-3-5-10(15)11(9)16/h3-5,17H,2,6-8H2,1H3. The lowest BCUT2D eigenvalue weighted by atomic mass is 10.0. The van der Waals surface area contributed by atoms with Gasteiger partial charge >= 0.3 is 0 Å². The summed E-state index contributed by atoms with van der Waals surface area (Å²) in [5, 5.41) is 3.10. The van der Waals surface area contributed by atoms with E-state index in [0.717, 1.165) is 12.5 Å². The van der Waals surface area contributed by atoms with Crippen molar-refractivity contribution in [3.63, 3.8) is 0 Å². The minimum absolute atomic E-state index is 0.205. The highest BCUT2D eigenvalue weighted by Gasteiger charge is 2.25. The molecule has 0 spiro atoms. The van der Waals surface area contributed by atoms with Gasteiger partial charge in [0.25, 0.3) is 0 Å². The Morgan fingerprint density at radius 2 is 1.88 bits per heavy atom. The van der Waals surface area contributed by atoms with Crippen LogP contribution in [0.25, 0.3) is 0 Å². The Balaban J connectivity index is 2.75. The third-order valence-corrected chi connectivity index (χ3v) is 3.90. The molecule has 0 saturated carbocycles. The second-order valence-corrected chi connectivity index (χ2v) is 4.50. The van der Waals surface area contributed by atoms with Gasteiger partial charge in [0, 0.05) is 29.4 Å². The molecule has 0 unspecified atom stereocenters. The fourth-order valence-electron chi connectivity index (χ4n) is 1.41. The lowest BCUT2D eigenvalue weighted by molar-refractivity contribution is 0.378. The molecule has 0 radical (unpaired) electrons. The summed E-state index contributed by atoms with van der Waals surface area (Å²) in [4.78, 5) is 0. The van der Waals surface area contributed by atoms with E-state index in [0.29, 0.717) is 11.8 Å². The van der Waals surface area contributed by atoms with Crippen molar-refractivity contribution >= 4 is 23.2 Å². The highest BCUT2D eigenvalue weighted by molar-refractivity contribution is 6.22. The van der Waals surface area contributed by atoms with Gasteiger partial charge in [0.15, 0.2) is 11.6 Å². The number of halogens is 4. The normalized spacial score (nSPS) is 11.8. The van der Waals surface area contributed by atoms with Crippen LogP contribution in [-0.4, -0.2) is 17.3 Å². The molecule has 1 nitrogen and oxygen atoms in total. The number of hydrogen-bond donors (Lipinski definition) is 1. The summed E-state index contributed by atoms with van der Waals surface area (Å²) in [5.74, 6) is -1.02. The van der Waals surface area contributed by atoms with Crippen molar-refractivity contribution in [3.8, 4) is 0 Å². The molecule has 0 aliphatic rings. The average molecular weight is 282 g/mol. The van der Waals surface area contributed by atoms with Crippen LogP contribution in [0.15, 0.2) is 18.2 Å². The zero-order chi connectivity index (χ0) is 12.9. The third-order valence-electron chi connectivity index (χ3n) is 2.87. The van der Waals surface area contributed by atoms with Gasteiger partial charge in [0.05, 0.1) is 0 Å². The van der Waals surface area contributed by atoms with Crippen LogP contribution >= 0.6 is 23.2 Å². The predicted octanol–water partition coefficient (Wildman–Crippen LogP) is 3.68. The van der Waals surface area contributed by atoms with Gasteiger partial charge in [-0.2, -0.15) is 0 Å². The van der Waals surface area contributed by atoms with Gasteiger partial charge < -0.3 is 5.32 Å². The lowest BCUT2D eigenvalue weighted by Crippen LogP contribution is -2.48. The van der Waals surface area contributed by atoms with Crippen molar-refractivity contribution in [1.82, 2.24) is 5.32 Å². The Labute approximate surface area is 110 Å². The van der Waals surface area contributed by atoms with Crippen LogP contribution < -0.4 is 5.32 Å². The zero-order valence-corrected chi connectivity index (χ0v) is 11.1. The van der Waals surface area contributed by atoms with Crippen LogP contribution in [0.3, 0.4) is 0 Å². The summed E-state index contributed by atoms with van der Waals surface area (Å²) in [6, 6.07) is 4.10. The van der Waals surface area contributed by atoms with Gasteiger partial charge in [-0.1, -0.05) is 19.1 Å². The number of nitrogens with one attached hydrogen (secondary N) is 1. The maximum Gasteiger partial charge on any atom is 0.163 e. The Kier molecular flexibility index (Phi) is 5.63. The fraction of sp³-hybridized carbons (Fsp3) is 0.500. The Bertz CT molecular complexity index is 359. The maximum absolute atomic E-state index is 13.4. The van der Waals surface area contributed by atoms with Crippen molar-refractivity contribution < 1.29 is 8.78 Å². The fourth-order valence-corrected chi connectivity index (χ4v) is 2.26. The summed E-state index contributed by atoms with van der Waals surface area (Å²) in [6.45, 7) is 2.15. The van der Waals surface area contributed by atoms with Gasteiger partial charge in [-0.25, -0.2) is 8.78 Å². The van der Waals surface area contributed by atoms with E-state index >= 15 is 0 Å². The highest BCUT2D eigenvalue weighted by Crippen LogP contribution is 2.17. The van der Waals surface area contributed by atoms with Crippen LogP contribution in [0.4, 0.5) is 8.78 Å². The van der Waals surface area contributed by atoms with E-state index in [-0.39, 0.29) is 12.1 Å². The van der Waals surface area contributed by atoms with E-state index in [4.69, 9.17) is 23.2 Å². The van der Waals surface area contributed by atoms with Gasteiger partial charge in [-0.3, -0.25) is 0 Å². The summed E-state index contributed by atoms with van der Waals surface area (Å²) in [5.41, 5.74) is -0.167. The second kappa shape index (κ2) is 6.53. The molecule has 0 amide bonds. The molecule has 0 saturated heterocycles. The van der Waals surface area contributed by atoms with Gasteiger partial charge in [0.2, 0.25) is 0 Å². The molecule has 0 heterocycles. The van der Waals surface area contributed by atoms with Crippen LogP contribution in [0.5, 0.6) is 0 Å². The number of hydrogen-bond acceptors (Lipinski definition) is 1. The van der Waals surface area contributed by atoms with Crippen molar-refractivity contribution in [3.05, 3.63) is 35.4 Å². The van der Waals surface area contributed by atoms with Crippen LogP contribution in [-0.2, 0) is 6.54 Å². The Morgan fingerprint density at radius 1 is 1.24 bits per heavy atom. The Morgan fingerprint density at radius 3 is 2.41 bits per heavy atom. The monoisotopic (exact) mass is 281 g/mol. The molecule has 0 aliphatic heterocycles. The molecule has 0 atom stereocenters. The molecule has 1 rings (SSSR count). The van der Waals surface area contributed by atoms with Gasteiger partial charge in [-0.05, 0) is 12.5 Å². The van der Waals surface area contributed by atoms with E-state index in [9.17, 15) is 8.78 Å². The molecule has 0 fully saturated rings. The minimum Gasteiger partial charge on any atom is -0.305 e. The number of rotatable bonds is 6. The molecule has 1 N–H and O–H groups in total. The van der Waals surface area contributed by atoms with E-state index in [2.05, 4.69) is 5.32 Å². The molecule has 96 valence electrons. The number of benzene rings is 1. The first-order valence-corrected chi connectivity index (χ1v) is 6.45. The topological polar surface area (TPSA) is 12.0 Å². The lowest BCUT2D eigenvalue weighted by Gasteiger charge is -2.29. The van der Waals surface area contributed by atoms with E-state index < -0.39 is 17.2 Å². The summed E-state index contributed by atoms with van der Waals surface area (Å²) >= 11 is 11.7. The third kappa shape index (κ3) is 3.54. The smallest absolute Gasteiger partial charge is 0.163 e. The molecular weight excluding hydrogens is 267 g/mol. The maximum atomic E-state index is 13.4. The minimum atomic E-state index is -0.844. The second-order valence-electron chi connectivity index (χ2n) is 3.97. The first-order valence-electron chi connectivity index (χ1n) is 5.38. The van der Waals surface area contributed by atoms with E-state index in [1.807, 2.05) is 6.92 Å². The van der Waals surface area contributed by atoms with E-state index in [1.165, 1.54) is 12.1 Å². The van der Waals surface area contributed by atoms with Crippen molar-refractivity contribution in [1.29, 1.82) is 0 Å². The summed E-state index contributed by atoms with van der Waals surface area (Å²) in [6.07, 6.45) is 0.719.